The molecule has 1 fully saturated rings. The third-order valence-electron chi connectivity index (χ3n) is 2.25. The molecule has 0 amide bonds. The van der Waals surface area contributed by atoms with Crippen molar-refractivity contribution in [2.45, 2.75) is 12.8 Å². The van der Waals surface area contributed by atoms with Crippen LogP contribution in [0.3, 0.4) is 0 Å². The van der Waals surface area contributed by atoms with Crippen LogP contribution in [0.2, 0.25) is 0 Å². The number of allylic oxidation sites excluding steroid dienone is 1. The summed E-state index contributed by atoms with van der Waals surface area (Å²) in [6.07, 6.45) is 6.57. The van der Waals surface area contributed by atoms with Gasteiger partial charge in [0.2, 0.25) is 0 Å². The van der Waals surface area contributed by atoms with Crippen molar-refractivity contribution in [3.05, 3.63) is 31.0 Å². The fraction of sp³-hybridized carbons (Fsp3) is 0.444. The number of rotatable bonds is 0. The van der Waals surface area contributed by atoms with Gasteiger partial charge in [-0.2, -0.15) is 0 Å². The Bertz CT molecular complexity index is 199. The quantitative estimate of drug-likeness (QED) is 0.487. The van der Waals surface area contributed by atoms with E-state index >= 15 is 0 Å². The molecule has 0 aromatic carbocycles. The molecule has 2 aliphatic rings. The van der Waals surface area contributed by atoms with Gasteiger partial charge in [-0.25, -0.2) is 0 Å². The van der Waals surface area contributed by atoms with Crippen LogP contribution >= 0.6 is 0 Å². The second kappa shape index (κ2) is 1.66. The molecule has 1 heterocycles. The van der Waals surface area contributed by atoms with Crippen LogP contribution in [0, 0.1) is 12.0 Å². The van der Waals surface area contributed by atoms with Crippen LogP contribution in [0.5, 0.6) is 0 Å². The van der Waals surface area contributed by atoms with Gasteiger partial charge >= 0.3 is 0 Å². The molecule has 0 aromatic heterocycles. The molecule has 1 nitrogen and oxygen atoms in total. The summed E-state index contributed by atoms with van der Waals surface area (Å²) in [5.74, 6) is 0. The average molecular weight is 133 g/mol. The van der Waals surface area contributed by atoms with E-state index in [9.17, 15) is 0 Å². The lowest BCUT2D eigenvalue weighted by Crippen LogP contribution is -2.20. The minimum absolute atomic E-state index is 0.253. The van der Waals surface area contributed by atoms with Gasteiger partial charge in [0.05, 0.1) is 0 Å². The van der Waals surface area contributed by atoms with E-state index < -0.39 is 0 Å². The molecule has 0 bridgehead atoms. The standard InChI is InChI=1S/C9H11N/c1-8-3-6-10(2)7-9(8)4-5-9/h3,6H,1,4-5H2,2H3. The first-order valence-corrected chi connectivity index (χ1v) is 3.61. The van der Waals surface area contributed by atoms with Crippen LogP contribution in [0.15, 0.2) is 24.4 Å². The summed E-state index contributed by atoms with van der Waals surface area (Å²) in [5, 5.41) is 0. The van der Waals surface area contributed by atoms with Crippen LogP contribution in [0.4, 0.5) is 0 Å². The van der Waals surface area contributed by atoms with E-state index in [1.54, 1.807) is 0 Å². The average Bonchev–Trinajstić information content (AvgIpc) is 2.62. The molecule has 1 saturated carbocycles. The lowest BCUT2D eigenvalue weighted by molar-refractivity contribution is 0.446. The number of nitrogens with zero attached hydrogens (tertiary/aromatic N) is 1. The van der Waals surface area contributed by atoms with E-state index in [0.29, 0.717) is 0 Å². The van der Waals surface area contributed by atoms with Gasteiger partial charge in [-0.15, -0.1) is 0 Å². The van der Waals surface area contributed by atoms with Crippen molar-refractivity contribution in [2.75, 3.05) is 7.05 Å². The fourth-order valence-corrected chi connectivity index (χ4v) is 1.37. The lowest BCUT2D eigenvalue weighted by atomic mass is 9.94. The van der Waals surface area contributed by atoms with Crippen LogP contribution in [-0.2, 0) is 0 Å². The lowest BCUT2D eigenvalue weighted by Gasteiger charge is -2.25. The van der Waals surface area contributed by atoms with Gasteiger partial charge in [0.25, 0.3) is 0 Å². The van der Waals surface area contributed by atoms with E-state index in [4.69, 9.17) is 0 Å². The fourth-order valence-electron chi connectivity index (χ4n) is 1.37. The first-order valence-electron chi connectivity index (χ1n) is 3.61. The zero-order chi connectivity index (χ0) is 7.19. The molecule has 0 N–H and O–H groups in total. The monoisotopic (exact) mass is 133 g/mol. The minimum Gasteiger partial charge on any atom is -0.369 e. The molecule has 52 valence electrons. The topological polar surface area (TPSA) is 3.24 Å². The maximum absolute atomic E-state index is 3.99. The molecule has 1 aliphatic carbocycles. The van der Waals surface area contributed by atoms with Crippen LogP contribution in [-0.4, -0.2) is 11.9 Å². The Morgan fingerprint density at radius 2 is 2.40 bits per heavy atom. The van der Waals surface area contributed by atoms with Crippen LogP contribution in [0.1, 0.15) is 12.8 Å². The van der Waals surface area contributed by atoms with Gasteiger partial charge in [-0.3, -0.25) is 0 Å². The van der Waals surface area contributed by atoms with Gasteiger partial charge in [-0.1, -0.05) is 6.58 Å². The van der Waals surface area contributed by atoms with E-state index in [2.05, 4.69) is 19.2 Å². The molecule has 0 aromatic rings. The Morgan fingerprint density at radius 3 is 2.90 bits per heavy atom. The maximum Gasteiger partial charge on any atom is 0.102 e. The second-order valence-electron chi connectivity index (χ2n) is 3.15. The number of hydrogen-bond donors (Lipinski definition) is 0. The van der Waals surface area contributed by atoms with E-state index in [0.717, 1.165) is 0 Å². The Labute approximate surface area is 62.0 Å². The van der Waals surface area contributed by atoms with Crippen LogP contribution < -0.4 is 0 Å². The number of hydrogen-bond acceptors (Lipinski definition) is 1. The molecular formula is C9H11N. The summed E-state index contributed by atoms with van der Waals surface area (Å²) < 4.78 is 0. The molecule has 0 atom stereocenters. The van der Waals surface area contributed by atoms with Crippen molar-refractivity contribution in [1.29, 1.82) is 0 Å². The third kappa shape index (κ3) is 0.698. The Balaban J connectivity index is 2.24. The molecule has 1 aliphatic heterocycles. The summed E-state index contributed by atoms with van der Waals surface area (Å²) in [7, 11) is 2.02. The highest BCUT2D eigenvalue weighted by atomic mass is 15.1. The first-order chi connectivity index (χ1) is 4.73. The van der Waals surface area contributed by atoms with Crippen molar-refractivity contribution in [3.63, 3.8) is 0 Å². The third-order valence-corrected chi connectivity index (χ3v) is 2.25. The van der Waals surface area contributed by atoms with Crippen molar-refractivity contribution in [2.24, 2.45) is 5.41 Å². The predicted octanol–water partition coefficient (Wildman–Crippen LogP) is 1.82. The summed E-state index contributed by atoms with van der Waals surface area (Å²) in [4.78, 5) is 2.00. The van der Waals surface area contributed by atoms with Crippen molar-refractivity contribution >= 4 is 0 Å². The van der Waals surface area contributed by atoms with Gasteiger partial charge in [0, 0.05) is 12.5 Å². The molecule has 0 saturated heterocycles. The van der Waals surface area contributed by atoms with Gasteiger partial charge in [0.1, 0.15) is 6.54 Å². The summed E-state index contributed by atoms with van der Waals surface area (Å²) in [5.41, 5.74) is 1.48. The molecule has 1 heteroatoms. The Kier molecular flexibility index (Phi) is 0.997. The van der Waals surface area contributed by atoms with Gasteiger partial charge in [0.15, 0.2) is 0 Å². The second-order valence-corrected chi connectivity index (χ2v) is 3.15. The summed E-state index contributed by atoms with van der Waals surface area (Å²) >= 11 is 0. The molecule has 10 heavy (non-hydrogen) atoms. The van der Waals surface area contributed by atoms with Crippen molar-refractivity contribution < 1.29 is 0 Å². The van der Waals surface area contributed by atoms with Crippen LogP contribution in [0.25, 0.3) is 0 Å². The molecule has 0 unspecified atom stereocenters. The highest BCUT2D eigenvalue weighted by Crippen LogP contribution is 2.55. The minimum atomic E-state index is 0.253. The molecule has 1 spiro atoms. The van der Waals surface area contributed by atoms with Gasteiger partial charge < -0.3 is 4.90 Å². The molecule has 2 rings (SSSR count). The highest BCUT2D eigenvalue weighted by Gasteiger charge is 2.47. The van der Waals surface area contributed by atoms with Crippen molar-refractivity contribution in [1.82, 2.24) is 4.90 Å². The summed E-state index contributed by atoms with van der Waals surface area (Å²) in [6.45, 7) is 7.35. The largest absolute Gasteiger partial charge is 0.369 e. The van der Waals surface area contributed by atoms with Gasteiger partial charge in [-0.05, 0) is 30.7 Å². The predicted molar refractivity (Wildman–Crippen MR) is 41.0 cm³/mol. The normalized spacial score (nSPS) is 27.7. The van der Waals surface area contributed by atoms with E-state index in [1.165, 1.54) is 18.4 Å². The molecule has 2 radical (unpaired) electrons. The SMILES string of the molecule is C=C1C=CN(C)[C]C12CC2. The zero-order valence-electron chi connectivity index (χ0n) is 6.22. The Morgan fingerprint density at radius 1 is 1.70 bits per heavy atom. The van der Waals surface area contributed by atoms with E-state index in [1.807, 2.05) is 18.1 Å². The maximum atomic E-state index is 3.99. The zero-order valence-corrected chi connectivity index (χ0v) is 6.22. The highest BCUT2D eigenvalue weighted by molar-refractivity contribution is 5.36. The van der Waals surface area contributed by atoms with Crippen molar-refractivity contribution in [3.8, 4) is 0 Å². The Hall–Kier alpha value is -0.720. The smallest absolute Gasteiger partial charge is 0.102 e. The van der Waals surface area contributed by atoms with E-state index in [-0.39, 0.29) is 5.41 Å². The first kappa shape index (κ1) is 6.02. The summed E-state index contributed by atoms with van der Waals surface area (Å²) in [6, 6.07) is 0. The molecular weight excluding hydrogens is 122 g/mol.